The molecule has 0 heterocycles. The molecule has 1 amide bonds. The SMILES string of the molecule is CN(C)[C@@H]1C(=O)C(C(N)=O)C(=O)[C@@]2(O)C(=O)C3C(=O)c4c(O)c([N+](=O)[O-])cc(C(F)=C(F)F)c4C[C@H]3C[C@@H]12. The number of likely N-dealkylation sites (N-methyl/N-ethyl adjacent to an activating group) is 1. The first-order chi connectivity index (χ1) is 17.6. The van der Waals surface area contributed by atoms with Crippen molar-refractivity contribution in [2.24, 2.45) is 29.4 Å². The zero-order valence-electron chi connectivity index (χ0n) is 19.7. The fraction of sp³-hybridized carbons (Fsp3) is 0.435. The summed E-state index contributed by atoms with van der Waals surface area (Å²) in [7, 11) is 2.74. The van der Waals surface area contributed by atoms with E-state index in [1.807, 2.05) is 0 Å². The van der Waals surface area contributed by atoms with Gasteiger partial charge in [0, 0.05) is 17.5 Å². The Hall–Kier alpha value is -3.98. The fourth-order valence-electron chi connectivity index (χ4n) is 6.09. The van der Waals surface area contributed by atoms with Crippen molar-refractivity contribution >= 4 is 40.6 Å². The van der Waals surface area contributed by atoms with Crippen molar-refractivity contribution in [3.63, 3.8) is 0 Å². The molecule has 0 saturated heterocycles. The predicted octanol–water partition coefficient (Wildman–Crippen LogP) is 0.310. The van der Waals surface area contributed by atoms with Crippen LogP contribution in [0, 0.1) is 33.8 Å². The van der Waals surface area contributed by atoms with Crippen LogP contribution in [-0.2, 0) is 25.6 Å². The number of hydrogen-bond donors (Lipinski definition) is 3. The second-order valence-corrected chi connectivity index (χ2v) is 9.77. The second-order valence-electron chi connectivity index (χ2n) is 9.77. The Morgan fingerprint density at radius 3 is 2.29 bits per heavy atom. The van der Waals surface area contributed by atoms with E-state index in [2.05, 4.69) is 0 Å². The van der Waals surface area contributed by atoms with Crippen LogP contribution in [0.3, 0.4) is 0 Å². The van der Waals surface area contributed by atoms with E-state index in [-0.39, 0.29) is 0 Å². The van der Waals surface area contributed by atoms with Gasteiger partial charge in [0.1, 0.15) is 0 Å². The number of phenolic OH excluding ortho intramolecular Hbond substituents is 1. The van der Waals surface area contributed by atoms with Crippen molar-refractivity contribution in [1.82, 2.24) is 4.90 Å². The van der Waals surface area contributed by atoms with Crippen molar-refractivity contribution < 1.29 is 52.3 Å². The number of hydrogen-bond acceptors (Lipinski definition) is 10. The van der Waals surface area contributed by atoms with Crippen LogP contribution >= 0.6 is 0 Å². The Labute approximate surface area is 211 Å². The maximum Gasteiger partial charge on any atom is 0.312 e. The number of halogens is 3. The number of Topliss-reactive ketones (excluding diaryl/α,β-unsaturated/α-hetero) is 4. The molecule has 0 aliphatic heterocycles. The molecule has 15 heteroatoms. The lowest BCUT2D eigenvalue weighted by Gasteiger charge is -2.52. The number of phenols is 1. The van der Waals surface area contributed by atoms with E-state index in [1.54, 1.807) is 0 Å². The molecule has 0 bridgehead atoms. The zero-order chi connectivity index (χ0) is 28.6. The standard InChI is InChI=1S/C23H20F3N3O9/c1-28(2)15-9-4-6-3-7-8(14(24)21(25)26)5-10(29(37)38)16(30)12(7)17(31)11(6)19(33)23(9,36)20(34)13(18(15)32)22(27)35/h5-6,9,11,13,15,30,36H,3-4H2,1-2H3,(H2,27,35)/t6-,9-,11?,13?,15-,23-/m0/s1. The van der Waals surface area contributed by atoms with Gasteiger partial charge in [0.2, 0.25) is 11.7 Å². The average Bonchev–Trinajstić information content (AvgIpc) is 2.80. The van der Waals surface area contributed by atoms with Gasteiger partial charge in [0.15, 0.2) is 40.5 Å². The van der Waals surface area contributed by atoms with Crippen LogP contribution in [0.1, 0.15) is 27.9 Å². The number of ketones is 4. The molecule has 12 nitrogen and oxygen atoms in total. The van der Waals surface area contributed by atoms with Crippen molar-refractivity contribution in [3.8, 4) is 5.75 Å². The summed E-state index contributed by atoms with van der Waals surface area (Å²) >= 11 is 0. The molecule has 3 aliphatic rings. The Morgan fingerprint density at radius 1 is 1.18 bits per heavy atom. The number of fused-ring (bicyclic) bond motifs is 3. The number of carbonyl (C=O) groups excluding carboxylic acids is 5. The summed E-state index contributed by atoms with van der Waals surface area (Å²) in [5, 5.41) is 33.3. The van der Waals surface area contributed by atoms with Gasteiger partial charge in [-0.2, -0.15) is 8.78 Å². The van der Waals surface area contributed by atoms with Crippen LogP contribution in [0.25, 0.3) is 5.83 Å². The molecule has 0 aromatic heterocycles. The first kappa shape index (κ1) is 27.1. The van der Waals surface area contributed by atoms with E-state index in [4.69, 9.17) is 5.73 Å². The number of amides is 1. The minimum Gasteiger partial charge on any atom is -0.502 e. The Morgan fingerprint density at radius 2 is 1.79 bits per heavy atom. The topological polar surface area (TPSA) is 198 Å². The molecule has 1 aromatic rings. The Kier molecular flexibility index (Phi) is 6.27. The minimum atomic E-state index is -3.05. The molecular formula is C23H20F3N3O9. The molecule has 2 unspecified atom stereocenters. The molecule has 4 rings (SSSR count). The molecule has 2 saturated carbocycles. The van der Waals surface area contributed by atoms with E-state index < -0.39 is 122 Å². The lowest BCUT2D eigenvalue weighted by molar-refractivity contribution is -0.385. The molecule has 38 heavy (non-hydrogen) atoms. The van der Waals surface area contributed by atoms with Crippen LogP contribution in [0.4, 0.5) is 18.9 Å². The van der Waals surface area contributed by atoms with E-state index in [1.165, 1.54) is 19.0 Å². The monoisotopic (exact) mass is 539 g/mol. The maximum atomic E-state index is 14.4. The summed E-state index contributed by atoms with van der Waals surface area (Å²) in [6.45, 7) is 0. The van der Waals surface area contributed by atoms with Crippen molar-refractivity contribution in [2.45, 2.75) is 24.5 Å². The van der Waals surface area contributed by atoms with Crippen molar-refractivity contribution in [1.29, 1.82) is 0 Å². The fourth-order valence-corrected chi connectivity index (χ4v) is 6.09. The molecule has 202 valence electrons. The van der Waals surface area contributed by atoms with Gasteiger partial charge in [-0.25, -0.2) is 4.39 Å². The number of carbonyl (C=O) groups is 5. The number of nitro groups is 1. The van der Waals surface area contributed by atoms with Crippen LogP contribution in [0.2, 0.25) is 0 Å². The molecule has 1 aromatic carbocycles. The summed E-state index contributed by atoms with van der Waals surface area (Å²) in [6.07, 6.45) is -3.82. The Bertz CT molecular complexity index is 1390. The summed E-state index contributed by atoms with van der Waals surface area (Å²) in [6, 6.07) is -1.06. The van der Waals surface area contributed by atoms with Crippen LogP contribution < -0.4 is 5.73 Å². The third-order valence-corrected chi connectivity index (χ3v) is 7.64. The molecular weight excluding hydrogens is 519 g/mol. The zero-order valence-corrected chi connectivity index (χ0v) is 19.7. The number of aromatic hydroxyl groups is 1. The first-order valence-electron chi connectivity index (χ1n) is 11.2. The van der Waals surface area contributed by atoms with Crippen molar-refractivity contribution in [2.75, 3.05) is 14.1 Å². The van der Waals surface area contributed by atoms with Gasteiger partial charge in [-0.1, -0.05) is 0 Å². The van der Waals surface area contributed by atoms with Crippen LogP contribution in [0.15, 0.2) is 12.1 Å². The predicted molar refractivity (Wildman–Crippen MR) is 118 cm³/mol. The Balaban J connectivity index is 1.96. The second kappa shape index (κ2) is 8.80. The number of nitrogens with two attached hydrogens (primary N) is 1. The van der Waals surface area contributed by atoms with E-state index >= 15 is 0 Å². The van der Waals surface area contributed by atoms with Gasteiger partial charge in [0.05, 0.1) is 22.4 Å². The number of aliphatic hydroxyl groups is 1. The molecule has 0 spiro atoms. The third kappa shape index (κ3) is 3.49. The lowest BCUT2D eigenvalue weighted by Crippen LogP contribution is -2.74. The van der Waals surface area contributed by atoms with Crippen LogP contribution in [-0.4, -0.2) is 74.8 Å². The van der Waals surface area contributed by atoms with Gasteiger partial charge >= 0.3 is 11.8 Å². The largest absolute Gasteiger partial charge is 0.502 e. The molecule has 2 fully saturated rings. The van der Waals surface area contributed by atoms with Gasteiger partial charge in [-0.3, -0.25) is 39.0 Å². The summed E-state index contributed by atoms with van der Waals surface area (Å²) in [5.41, 5.74) is -1.68. The highest BCUT2D eigenvalue weighted by Gasteiger charge is 2.69. The number of nitrogens with zero attached hydrogens (tertiary/aromatic N) is 2. The maximum absolute atomic E-state index is 14.4. The van der Waals surface area contributed by atoms with Crippen LogP contribution in [0.5, 0.6) is 5.75 Å². The van der Waals surface area contributed by atoms with E-state index in [0.717, 1.165) is 0 Å². The van der Waals surface area contributed by atoms with Gasteiger partial charge in [0.25, 0.3) is 0 Å². The first-order valence-corrected chi connectivity index (χ1v) is 11.2. The molecule has 0 radical (unpaired) electrons. The van der Waals surface area contributed by atoms with Gasteiger partial charge < -0.3 is 15.9 Å². The highest BCUT2D eigenvalue weighted by Crippen LogP contribution is 2.52. The normalized spacial score (nSPS) is 30.4. The average molecular weight is 539 g/mol. The minimum absolute atomic E-state index is 0.338. The van der Waals surface area contributed by atoms with E-state index in [0.29, 0.717) is 6.07 Å². The van der Waals surface area contributed by atoms with Gasteiger partial charge in [-0.05, 0) is 38.4 Å². The van der Waals surface area contributed by atoms with Gasteiger partial charge in [-0.15, -0.1) is 0 Å². The smallest absolute Gasteiger partial charge is 0.312 e. The number of nitro benzene ring substituents is 1. The highest BCUT2D eigenvalue weighted by molar-refractivity contribution is 6.32. The number of primary amides is 1. The summed E-state index contributed by atoms with van der Waals surface area (Å²) in [4.78, 5) is 76.7. The molecule has 4 N–H and O–H groups in total. The third-order valence-electron chi connectivity index (χ3n) is 7.64. The molecule has 3 aliphatic carbocycles. The number of rotatable bonds is 4. The summed E-state index contributed by atoms with van der Waals surface area (Å²) in [5.74, 6) is -17.1. The quantitative estimate of drug-likeness (QED) is 0.272. The number of benzene rings is 1. The van der Waals surface area contributed by atoms with E-state index in [9.17, 15) is 57.5 Å². The highest BCUT2D eigenvalue weighted by atomic mass is 19.3. The molecule has 6 atom stereocenters. The lowest BCUT2D eigenvalue weighted by atomic mass is 9.52. The van der Waals surface area contributed by atoms with Crippen molar-refractivity contribution in [3.05, 3.63) is 39.0 Å². The summed E-state index contributed by atoms with van der Waals surface area (Å²) < 4.78 is 40.8.